The molecule has 80 valence electrons. The Morgan fingerprint density at radius 1 is 1.25 bits per heavy atom. The number of carbonyl (C=O) groups excluding carboxylic acids is 1. The van der Waals surface area contributed by atoms with Gasteiger partial charge in [-0.05, 0) is 18.2 Å². The van der Waals surface area contributed by atoms with Crippen molar-refractivity contribution in [2.45, 2.75) is 0 Å². The molecule has 0 unspecified atom stereocenters. The molecule has 0 saturated carbocycles. The second-order valence-electron chi connectivity index (χ2n) is 3.20. The second-order valence-corrected chi connectivity index (χ2v) is 3.57. The minimum atomic E-state index is -0.486. The summed E-state index contributed by atoms with van der Waals surface area (Å²) in [4.78, 5) is 14.5. The molecule has 1 aromatic carbocycles. The molecule has 0 fully saturated rings. The number of halogens is 2. The van der Waals surface area contributed by atoms with Gasteiger partial charge in [0.05, 0.1) is 10.7 Å². The standard InChI is InChI=1S/C12H7ClFNO/c13-12-9(2-1-3-10(12)14)11-5-4-8(7-16)6-15-11/h1-7H. The molecule has 1 aromatic heterocycles. The molecule has 0 bridgehead atoms. The van der Waals surface area contributed by atoms with Gasteiger partial charge in [0.15, 0.2) is 6.29 Å². The third-order valence-corrected chi connectivity index (χ3v) is 2.53. The Morgan fingerprint density at radius 3 is 2.69 bits per heavy atom. The third kappa shape index (κ3) is 1.95. The molecule has 2 nitrogen and oxygen atoms in total. The van der Waals surface area contributed by atoms with E-state index in [0.29, 0.717) is 23.1 Å². The van der Waals surface area contributed by atoms with E-state index in [9.17, 15) is 9.18 Å². The van der Waals surface area contributed by atoms with E-state index >= 15 is 0 Å². The van der Waals surface area contributed by atoms with Crippen LogP contribution in [0.2, 0.25) is 5.02 Å². The highest BCUT2D eigenvalue weighted by Crippen LogP contribution is 2.28. The van der Waals surface area contributed by atoms with Crippen LogP contribution in [0.5, 0.6) is 0 Å². The van der Waals surface area contributed by atoms with E-state index in [2.05, 4.69) is 4.98 Å². The van der Waals surface area contributed by atoms with Gasteiger partial charge in [0, 0.05) is 17.3 Å². The SMILES string of the molecule is O=Cc1ccc(-c2cccc(F)c2Cl)nc1. The lowest BCUT2D eigenvalue weighted by Crippen LogP contribution is -1.88. The first-order valence-electron chi connectivity index (χ1n) is 4.58. The molecule has 0 atom stereocenters. The van der Waals surface area contributed by atoms with Crippen molar-refractivity contribution >= 4 is 17.9 Å². The van der Waals surface area contributed by atoms with Crippen molar-refractivity contribution in [2.24, 2.45) is 0 Å². The number of pyridine rings is 1. The van der Waals surface area contributed by atoms with E-state index < -0.39 is 5.82 Å². The van der Waals surface area contributed by atoms with E-state index in [1.807, 2.05) is 0 Å². The highest BCUT2D eigenvalue weighted by atomic mass is 35.5. The van der Waals surface area contributed by atoms with Gasteiger partial charge in [-0.25, -0.2) is 4.39 Å². The van der Waals surface area contributed by atoms with Gasteiger partial charge in [0.25, 0.3) is 0 Å². The summed E-state index contributed by atoms with van der Waals surface area (Å²) in [5.74, 6) is -0.486. The van der Waals surface area contributed by atoms with E-state index in [4.69, 9.17) is 11.6 Å². The zero-order chi connectivity index (χ0) is 11.5. The summed E-state index contributed by atoms with van der Waals surface area (Å²) in [7, 11) is 0. The average Bonchev–Trinajstić information content (AvgIpc) is 2.33. The predicted molar refractivity (Wildman–Crippen MR) is 60.0 cm³/mol. The van der Waals surface area contributed by atoms with Crippen LogP contribution in [0.1, 0.15) is 10.4 Å². The van der Waals surface area contributed by atoms with Gasteiger partial charge in [-0.15, -0.1) is 0 Å². The molecule has 0 radical (unpaired) electrons. The first kappa shape index (κ1) is 10.8. The van der Waals surface area contributed by atoms with Gasteiger partial charge in [0.2, 0.25) is 0 Å². The van der Waals surface area contributed by atoms with Crippen LogP contribution in [0.15, 0.2) is 36.5 Å². The van der Waals surface area contributed by atoms with Crippen LogP contribution >= 0.6 is 11.6 Å². The topological polar surface area (TPSA) is 30.0 Å². The van der Waals surface area contributed by atoms with Crippen LogP contribution in [-0.4, -0.2) is 11.3 Å². The van der Waals surface area contributed by atoms with Gasteiger partial charge in [-0.2, -0.15) is 0 Å². The lowest BCUT2D eigenvalue weighted by molar-refractivity contribution is 0.112. The minimum absolute atomic E-state index is 0.0360. The van der Waals surface area contributed by atoms with E-state index in [0.717, 1.165) is 0 Å². The fraction of sp³-hybridized carbons (Fsp3) is 0. The maximum absolute atomic E-state index is 13.2. The Balaban J connectivity index is 2.50. The first-order chi connectivity index (χ1) is 7.72. The molecule has 0 saturated heterocycles. The van der Waals surface area contributed by atoms with Gasteiger partial charge >= 0.3 is 0 Å². The molecule has 0 aliphatic rings. The molecule has 1 heterocycles. The van der Waals surface area contributed by atoms with Crippen molar-refractivity contribution in [1.82, 2.24) is 4.98 Å². The zero-order valence-electron chi connectivity index (χ0n) is 8.15. The summed E-state index contributed by atoms with van der Waals surface area (Å²) in [6.45, 7) is 0. The monoisotopic (exact) mass is 235 g/mol. The van der Waals surface area contributed by atoms with Gasteiger partial charge in [-0.1, -0.05) is 23.7 Å². The fourth-order valence-electron chi connectivity index (χ4n) is 1.34. The average molecular weight is 236 g/mol. The molecular formula is C12H7ClFNO. The van der Waals surface area contributed by atoms with Crippen molar-refractivity contribution in [3.8, 4) is 11.3 Å². The Labute approximate surface area is 96.7 Å². The largest absolute Gasteiger partial charge is 0.298 e. The number of rotatable bonds is 2. The minimum Gasteiger partial charge on any atom is -0.298 e. The van der Waals surface area contributed by atoms with Crippen molar-refractivity contribution in [1.29, 1.82) is 0 Å². The lowest BCUT2D eigenvalue weighted by Gasteiger charge is -2.04. The molecule has 2 rings (SSSR count). The van der Waals surface area contributed by atoms with Crippen LogP contribution in [0, 0.1) is 5.82 Å². The smallest absolute Gasteiger partial charge is 0.151 e. The van der Waals surface area contributed by atoms with Crippen molar-refractivity contribution in [2.75, 3.05) is 0 Å². The Bertz CT molecular complexity index is 525. The number of nitrogens with zero attached hydrogens (tertiary/aromatic N) is 1. The number of hydrogen-bond donors (Lipinski definition) is 0. The summed E-state index contributed by atoms with van der Waals surface area (Å²) < 4.78 is 13.2. The van der Waals surface area contributed by atoms with Crippen LogP contribution in [-0.2, 0) is 0 Å². The third-order valence-electron chi connectivity index (χ3n) is 2.15. The fourth-order valence-corrected chi connectivity index (χ4v) is 1.56. The number of hydrogen-bond acceptors (Lipinski definition) is 2. The van der Waals surface area contributed by atoms with Gasteiger partial charge in [0.1, 0.15) is 5.82 Å². The van der Waals surface area contributed by atoms with Gasteiger partial charge < -0.3 is 0 Å². The molecular weight excluding hydrogens is 229 g/mol. The highest BCUT2D eigenvalue weighted by molar-refractivity contribution is 6.33. The molecule has 0 aliphatic carbocycles. The summed E-state index contributed by atoms with van der Waals surface area (Å²) in [5, 5.41) is 0.0360. The van der Waals surface area contributed by atoms with Crippen LogP contribution in [0.3, 0.4) is 0 Å². The second kappa shape index (κ2) is 4.41. The summed E-state index contributed by atoms with van der Waals surface area (Å²) >= 11 is 5.82. The summed E-state index contributed by atoms with van der Waals surface area (Å²) in [5.41, 5.74) is 1.52. The van der Waals surface area contributed by atoms with Crippen molar-refractivity contribution in [3.63, 3.8) is 0 Å². The normalized spacial score (nSPS) is 10.1. The quantitative estimate of drug-likeness (QED) is 0.747. The number of aromatic nitrogens is 1. The maximum Gasteiger partial charge on any atom is 0.151 e. The van der Waals surface area contributed by atoms with E-state index in [1.165, 1.54) is 12.3 Å². The van der Waals surface area contributed by atoms with Crippen molar-refractivity contribution in [3.05, 3.63) is 52.9 Å². The number of aldehydes is 1. The zero-order valence-corrected chi connectivity index (χ0v) is 8.91. The Hall–Kier alpha value is -1.74. The molecule has 2 aromatic rings. The Morgan fingerprint density at radius 2 is 2.06 bits per heavy atom. The van der Waals surface area contributed by atoms with Crippen LogP contribution in [0.4, 0.5) is 4.39 Å². The molecule has 0 amide bonds. The van der Waals surface area contributed by atoms with E-state index in [-0.39, 0.29) is 5.02 Å². The molecule has 0 N–H and O–H groups in total. The molecule has 0 spiro atoms. The number of benzene rings is 1. The molecule has 16 heavy (non-hydrogen) atoms. The Kier molecular flexibility index (Phi) is 2.97. The van der Waals surface area contributed by atoms with Gasteiger partial charge in [-0.3, -0.25) is 9.78 Å². The number of carbonyl (C=O) groups is 1. The molecule has 0 aliphatic heterocycles. The summed E-state index contributed by atoms with van der Waals surface area (Å²) in [6, 6.07) is 7.76. The summed E-state index contributed by atoms with van der Waals surface area (Å²) in [6.07, 6.45) is 2.12. The molecule has 4 heteroatoms. The first-order valence-corrected chi connectivity index (χ1v) is 4.96. The van der Waals surface area contributed by atoms with Crippen LogP contribution in [0.25, 0.3) is 11.3 Å². The van der Waals surface area contributed by atoms with Crippen LogP contribution < -0.4 is 0 Å². The van der Waals surface area contributed by atoms with Crippen molar-refractivity contribution < 1.29 is 9.18 Å². The maximum atomic E-state index is 13.2. The lowest BCUT2D eigenvalue weighted by atomic mass is 10.1. The van der Waals surface area contributed by atoms with E-state index in [1.54, 1.807) is 24.3 Å². The predicted octanol–water partition coefficient (Wildman–Crippen LogP) is 3.35. The highest BCUT2D eigenvalue weighted by Gasteiger charge is 2.08.